The van der Waals surface area contributed by atoms with E-state index in [1.165, 1.54) is 0 Å². The molecule has 0 bridgehead atoms. The minimum Gasteiger partial charge on any atom is -0.349 e. The van der Waals surface area contributed by atoms with Crippen LogP contribution >= 0.6 is 0 Å². The Labute approximate surface area is 95.8 Å². The third kappa shape index (κ3) is 4.93. The van der Waals surface area contributed by atoms with Gasteiger partial charge in [0.25, 0.3) is 0 Å². The zero-order valence-electron chi connectivity index (χ0n) is 9.70. The fourth-order valence-electron chi connectivity index (χ4n) is 1.47. The van der Waals surface area contributed by atoms with E-state index in [9.17, 15) is 4.79 Å². The topological polar surface area (TPSA) is 83.8 Å². The van der Waals surface area contributed by atoms with Gasteiger partial charge in [0.15, 0.2) is 0 Å². The summed E-state index contributed by atoms with van der Waals surface area (Å²) in [6.45, 7) is 3.28. The Balaban J connectivity index is 2.11. The Morgan fingerprint density at radius 1 is 1.62 bits per heavy atom. The molecule has 0 radical (unpaired) electrons. The number of nitrogens with two attached hydrogens (primary N) is 1. The first-order valence-corrected chi connectivity index (χ1v) is 5.67. The molecule has 4 N–H and O–H groups in total. The molecular weight excluding hydrogens is 204 g/mol. The standard InChI is InChI=1S/C11H20N4O/c1-9(4-5-12)2-3-11(16)15-8-10-13-6-7-14-10/h6-7,9H,2-5,8,12H2,1H3,(H,13,14)(H,15,16). The van der Waals surface area contributed by atoms with Crippen LogP contribution in [0.5, 0.6) is 0 Å². The van der Waals surface area contributed by atoms with E-state index in [0.717, 1.165) is 18.7 Å². The molecule has 1 rings (SSSR count). The molecule has 0 spiro atoms. The zero-order chi connectivity index (χ0) is 11.8. The van der Waals surface area contributed by atoms with E-state index in [1.54, 1.807) is 12.4 Å². The lowest BCUT2D eigenvalue weighted by Crippen LogP contribution is -2.23. The Morgan fingerprint density at radius 2 is 2.44 bits per heavy atom. The van der Waals surface area contributed by atoms with Crippen molar-refractivity contribution in [3.63, 3.8) is 0 Å². The number of aromatic nitrogens is 2. The molecule has 0 saturated carbocycles. The molecule has 1 amide bonds. The van der Waals surface area contributed by atoms with E-state index >= 15 is 0 Å². The van der Waals surface area contributed by atoms with Crippen LogP contribution in [0.25, 0.3) is 0 Å². The normalized spacial score (nSPS) is 12.4. The van der Waals surface area contributed by atoms with Crippen molar-refractivity contribution in [3.05, 3.63) is 18.2 Å². The molecule has 0 aliphatic rings. The highest BCUT2D eigenvalue weighted by atomic mass is 16.1. The quantitative estimate of drug-likeness (QED) is 0.640. The van der Waals surface area contributed by atoms with E-state index in [-0.39, 0.29) is 5.91 Å². The SMILES string of the molecule is CC(CCN)CCC(=O)NCc1ncc[nH]1. The molecule has 0 aliphatic heterocycles. The summed E-state index contributed by atoms with van der Waals surface area (Å²) in [6, 6.07) is 0. The van der Waals surface area contributed by atoms with Crippen molar-refractivity contribution in [2.24, 2.45) is 11.7 Å². The van der Waals surface area contributed by atoms with Gasteiger partial charge >= 0.3 is 0 Å². The van der Waals surface area contributed by atoms with Crippen molar-refractivity contribution >= 4 is 5.91 Å². The number of nitrogens with one attached hydrogen (secondary N) is 2. The van der Waals surface area contributed by atoms with Gasteiger partial charge in [-0.25, -0.2) is 4.98 Å². The van der Waals surface area contributed by atoms with Gasteiger partial charge in [-0.15, -0.1) is 0 Å². The number of amides is 1. The van der Waals surface area contributed by atoms with Gasteiger partial charge < -0.3 is 16.0 Å². The summed E-state index contributed by atoms with van der Waals surface area (Å²) in [4.78, 5) is 18.4. The van der Waals surface area contributed by atoms with Gasteiger partial charge in [-0.05, 0) is 25.3 Å². The van der Waals surface area contributed by atoms with E-state index in [2.05, 4.69) is 22.2 Å². The molecule has 1 heterocycles. The molecule has 1 aromatic rings. The van der Waals surface area contributed by atoms with Gasteiger partial charge in [0, 0.05) is 18.8 Å². The molecule has 0 aliphatic carbocycles. The molecule has 1 atom stereocenters. The van der Waals surface area contributed by atoms with Gasteiger partial charge in [-0.3, -0.25) is 4.79 Å². The summed E-state index contributed by atoms with van der Waals surface area (Å²) in [5, 5.41) is 2.82. The Hall–Kier alpha value is -1.36. The summed E-state index contributed by atoms with van der Waals surface area (Å²) in [5.74, 6) is 1.36. The maximum atomic E-state index is 11.5. The number of carbonyl (C=O) groups excluding carboxylic acids is 1. The predicted molar refractivity (Wildman–Crippen MR) is 62.5 cm³/mol. The number of aromatic amines is 1. The number of hydrogen-bond acceptors (Lipinski definition) is 3. The highest BCUT2D eigenvalue weighted by Crippen LogP contribution is 2.08. The van der Waals surface area contributed by atoms with Gasteiger partial charge in [0.1, 0.15) is 5.82 Å². The maximum Gasteiger partial charge on any atom is 0.220 e. The molecule has 1 aromatic heterocycles. The number of nitrogens with zero attached hydrogens (tertiary/aromatic N) is 1. The van der Waals surface area contributed by atoms with Crippen molar-refractivity contribution in [1.82, 2.24) is 15.3 Å². The lowest BCUT2D eigenvalue weighted by atomic mass is 10.0. The van der Waals surface area contributed by atoms with Crippen LogP contribution in [0.15, 0.2) is 12.4 Å². The van der Waals surface area contributed by atoms with E-state index in [4.69, 9.17) is 5.73 Å². The Kier molecular flexibility index (Phi) is 5.56. The van der Waals surface area contributed by atoms with E-state index in [0.29, 0.717) is 25.4 Å². The third-order valence-corrected chi connectivity index (χ3v) is 2.53. The summed E-state index contributed by atoms with van der Waals surface area (Å²) in [7, 11) is 0. The van der Waals surface area contributed by atoms with Crippen LogP contribution in [0.2, 0.25) is 0 Å². The molecule has 1 unspecified atom stereocenters. The molecule has 16 heavy (non-hydrogen) atoms. The highest BCUT2D eigenvalue weighted by Gasteiger charge is 2.06. The molecule has 0 saturated heterocycles. The van der Waals surface area contributed by atoms with Crippen LogP contribution in [0.1, 0.15) is 32.0 Å². The highest BCUT2D eigenvalue weighted by molar-refractivity contribution is 5.75. The van der Waals surface area contributed by atoms with Gasteiger partial charge in [0.05, 0.1) is 6.54 Å². The maximum absolute atomic E-state index is 11.5. The fourth-order valence-corrected chi connectivity index (χ4v) is 1.47. The summed E-state index contributed by atoms with van der Waals surface area (Å²) in [5.41, 5.74) is 5.45. The largest absolute Gasteiger partial charge is 0.349 e. The minimum absolute atomic E-state index is 0.0697. The second kappa shape index (κ2) is 7.00. The van der Waals surface area contributed by atoms with Gasteiger partial charge in [-0.1, -0.05) is 6.92 Å². The van der Waals surface area contributed by atoms with Crippen LogP contribution in [-0.4, -0.2) is 22.4 Å². The number of carbonyl (C=O) groups is 1. The summed E-state index contributed by atoms with van der Waals surface area (Å²) in [6.07, 6.45) is 5.84. The lowest BCUT2D eigenvalue weighted by molar-refractivity contribution is -0.121. The van der Waals surface area contributed by atoms with Crippen molar-refractivity contribution < 1.29 is 4.79 Å². The monoisotopic (exact) mass is 224 g/mol. The van der Waals surface area contributed by atoms with Crippen molar-refractivity contribution in [1.29, 1.82) is 0 Å². The number of H-pyrrole nitrogens is 1. The van der Waals surface area contributed by atoms with Crippen LogP contribution in [0, 0.1) is 5.92 Å². The summed E-state index contributed by atoms with van der Waals surface area (Å²) < 4.78 is 0. The first-order chi connectivity index (χ1) is 7.72. The third-order valence-electron chi connectivity index (χ3n) is 2.53. The van der Waals surface area contributed by atoms with E-state index < -0.39 is 0 Å². The van der Waals surface area contributed by atoms with Crippen LogP contribution in [0.3, 0.4) is 0 Å². The zero-order valence-corrected chi connectivity index (χ0v) is 9.70. The van der Waals surface area contributed by atoms with Crippen LogP contribution in [0.4, 0.5) is 0 Å². The first kappa shape index (κ1) is 12.7. The molecule has 5 heteroatoms. The molecule has 5 nitrogen and oxygen atoms in total. The molecule has 0 fully saturated rings. The second-order valence-corrected chi connectivity index (χ2v) is 4.03. The van der Waals surface area contributed by atoms with Crippen LogP contribution in [-0.2, 0) is 11.3 Å². The van der Waals surface area contributed by atoms with Gasteiger partial charge in [0.2, 0.25) is 5.91 Å². The minimum atomic E-state index is 0.0697. The smallest absolute Gasteiger partial charge is 0.220 e. The Morgan fingerprint density at radius 3 is 3.06 bits per heavy atom. The number of hydrogen-bond donors (Lipinski definition) is 3. The predicted octanol–water partition coefficient (Wildman–Crippen LogP) is 0.791. The molecular formula is C11H20N4O. The van der Waals surface area contributed by atoms with E-state index in [1.807, 2.05) is 0 Å². The summed E-state index contributed by atoms with van der Waals surface area (Å²) >= 11 is 0. The molecule has 0 aromatic carbocycles. The fraction of sp³-hybridized carbons (Fsp3) is 0.636. The second-order valence-electron chi connectivity index (χ2n) is 4.03. The average Bonchev–Trinajstić information content (AvgIpc) is 2.77. The Bertz CT molecular complexity index is 297. The van der Waals surface area contributed by atoms with Crippen LogP contribution < -0.4 is 11.1 Å². The average molecular weight is 224 g/mol. The van der Waals surface area contributed by atoms with Crippen molar-refractivity contribution in [2.75, 3.05) is 6.54 Å². The lowest BCUT2D eigenvalue weighted by Gasteiger charge is -2.09. The first-order valence-electron chi connectivity index (χ1n) is 5.67. The number of imidazole rings is 1. The van der Waals surface area contributed by atoms with Gasteiger partial charge in [-0.2, -0.15) is 0 Å². The number of rotatable bonds is 7. The van der Waals surface area contributed by atoms with Crippen molar-refractivity contribution in [2.45, 2.75) is 32.7 Å². The van der Waals surface area contributed by atoms with Crippen molar-refractivity contribution in [3.8, 4) is 0 Å². The molecule has 90 valence electrons.